The van der Waals surface area contributed by atoms with E-state index in [-0.39, 0.29) is 0 Å². The number of rotatable bonds is 3. The second-order valence-electron chi connectivity index (χ2n) is 3.44. The molecule has 0 aliphatic carbocycles. The molecule has 1 aromatic heterocycles. The molecule has 0 aliphatic heterocycles. The van der Waals surface area contributed by atoms with E-state index in [1.54, 1.807) is 14.2 Å². The highest BCUT2D eigenvalue weighted by Crippen LogP contribution is 2.32. The topological polar surface area (TPSA) is 31.4 Å². The maximum Gasteiger partial charge on any atom is 0.161 e. The fraction of sp³-hybridized carbons (Fsp3) is 0.154. The van der Waals surface area contributed by atoms with Crippen LogP contribution in [0.2, 0.25) is 0 Å². The monoisotopic (exact) mass is 293 g/mol. The minimum Gasteiger partial charge on any atom is -0.493 e. The minimum absolute atomic E-state index is 0.716. The van der Waals surface area contributed by atoms with Crippen LogP contribution in [0.4, 0.5) is 0 Å². The Labute approximate surface area is 109 Å². The Morgan fingerprint density at radius 2 is 1.65 bits per heavy atom. The molecule has 0 amide bonds. The molecule has 0 radical (unpaired) electrons. The average Bonchev–Trinajstić information content (AvgIpc) is 2.39. The molecule has 0 N–H and O–H groups in total. The lowest BCUT2D eigenvalue weighted by atomic mass is 10.1. The zero-order valence-electron chi connectivity index (χ0n) is 9.61. The number of aromatic nitrogens is 1. The third kappa shape index (κ3) is 2.58. The Kier molecular flexibility index (Phi) is 3.64. The highest BCUT2D eigenvalue weighted by molar-refractivity contribution is 9.10. The number of pyridine rings is 1. The largest absolute Gasteiger partial charge is 0.493 e. The summed E-state index contributed by atoms with van der Waals surface area (Å²) >= 11 is 3.31. The predicted octanol–water partition coefficient (Wildman–Crippen LogP) is 3.53. The van der Waals surface area contributed by atoms with E-state index >= 15 is 0 Å². The normalized spacial score (nSPS) is 10.1. The summed E-state index contributed by atoms with van der Waals surface area (Å²) < 4.78 is 11.3. The van der Waals surface area contributed by atoms with Crippen LogP contribution in [0, 0.1) is 0 Å². The number of halogens is 1. The smallest absolute Gasteiger partial charge is 0.161 e. The molecule has 0 bridgehead atoms. The first kappa shape index (κ1) is 11.9. The van der Waals surface area contributed by atoms with E-state index in [9.17, 15) is 0 Å². The van der Waals surface area contributed by atoms with Gasteiger partial charge in [0.1, 0.15) is 4.60 Å². The van der Waals surface area contributed by atoms with E-state index in [1.807, 2.05) is 36.5 Å². The van der Waals surface area contributed by atoms with E-state index in [0.29, 0.717) is 5.75 Å². The number of methoxy groups -OCH3 is 2. The molecule has 1 heterocycles. The van der Waals surface area contributed by atoms with Gasteiger partial charge in [0, 0.05) is 11.8 Å². The van der Waals surface area contributed by atoms with Crippen molar-refractivity contribution in [1.29, 1.82) is 0 Å². The van der Waals surface area contributed by atoms with Crippen LogP contribution in [0.5, 0.6) is 11.5 Å². The molecule has 0 atom stereocenters. The van der Waals surface area contributed by atoms with Gasteiger partial charge in [0.25, 0.3) is 0 Å². The maximum absolute atomic E-state index is 5.27. The Morgan fingerprint density at radius 1 is 0.941 bits per heavy atom. The van der Waals surface area contributed by atoms with Crippen molar-refractivity contribution >= 4 is 15.9 Å². The molecule has 2 aromatic rings. The third-order valence-electron chi connectivity index (χ3n) is 2.44. The third-order valence-corrected chi connectivity index (χ3v) is 2.91. The predicted molar refractivity (Wildman–Crippen MR) is 70.5 cm³/mol. The van der Waals surface area contributed by atoms with Crippen molar-refractivity contribution in [1.82, 2.24) is 4.98 Å². The lowest BCUT2D eigenvalue weighted by Crippen LogP contribution is -1.91. The lowest BCUT2D eigenvalue weighted by molar-refractivity contribution is 0.355. The molecule has 3 nitrogen and oxygen atoms in total. The van der Waals surface area contributed by atoms with E-state index in [0.717, 1.165) is 21.5 Å². The van der Waals surface area contributed by atoms with Gasteiger partial charge < -0.3 is 9.47 Å². The fourth-order valence-corrected chi connectivity index (χ4v) is 1.80. The summed E-state index contributed by atoms with van der Waals surface area (Å²) in [6.07, 6.45) is 1.81. The van der Waals surface area contributed by atoms with Crippen LogP contribution in [0.3, 0.4) is 0 Å². The van der Waals surface area contributed by atoms with Crippen LogP contribution < -0.4 is 9.47 Å². The van der Waals surface area contributed by atoms with Crippen molar-refractivity contribution in [3.05, 3.63) is 41.1 Å². The molecule has 0 saturated heterocycles. The summed E-state index contributed by atoms with van der Waals surface area (Å²) in [5.41, 5.74) is 2.08. The van der Waals surface area contributed by atoms with E-state index < -0.39 is 0 Å². The standard InChI is InChI=1S/C13H12BrNO2/c1-16-11-5-3-9(7-12(11)17-2)10-4-6-13(14)15-8-10/h3-8H,1-2H3. The number of nitrogens with zero attached hydrogens (tertiary/aromatic N) is 1. The van der Waals surface area contributed by atoms with Gasteiger partial charge in [0.15, 0.2) is 11.5 Å². The molecular formula is C13H12BrNO2. The van der Waals surface area contributed by atoms with Crippen LogP contribution in [0.15, 0.2) is 41.1 Å². The van der Waals surface area contributed by atoms with Crippen molar-refractivity contribution in [3.8, 4) is 22.6 Å². The number of hydrogen-bond acceptors (Lipinski definition) is 3. The second kappa shape index (κ2) is 5.19. The van der Waals surface area contributed by atoms with Gasteiger partial charge in [0.05, 0.1) is 14.2 Å². The van der Waals surface area contributed by atoms with E-state index in [4.69, 9.17) is 9.47 Å². The zero-order valence-corrected chi connectivity index (χ0v) is 11.2. The highest BCUT2D eigenvalue weighted by Gasteiger charge is 2.06. The number of hydrogen-bond donors (Lipinski definition) is 0. The van der Waals surface area contributed by atoms with Gasteiger partial charge in [-0.15, -0.1) is 0 Å². The highest BCUT2D eigenvalue weighted by atomic mass is 79.9. The molecule has 2 rings (SSSR count). The summed E-state index contributed by atoms with van der Waals surface area (Å²) in [7, 11) is 3.25. The van der Waals surface area contributed by atoms with Gasteiger partial charge >= 0.3 is 0 Å². The quantitative estimate of drug-likeness (QED) is 0.812. The molecular weight excluding hydrogens is 282 g/mol. The molecule has 0 saturated carbocycles. The summed E-state index contributed by atoms with van der Waals surface area (Å²) in [5, 5.41) is 0. The maximum atomic E-state index is 5.27. The SMILES string of the molecule is COc1ccc(-c2ccc(Br)nc2)cc1OC. The van der Waals surface area contributed by atoms with Gasteiger partial charge in [-0.3, -0.25) is 0 Å². The molecule has 0 spiro atoms. The Bertz CT molecular complexity index is 511. The molecule has 0 unspecified atom stereocenters. The molecule has 0 fully saturated rings. The fourth-order valence-electron chi connectivity index (χ4n) is 1.56. The molecule has 4 heteroatoms. The van der Waals surface area contributed by atoms with Gasteiger partial charge in [-0.1, -0.05) is 12.1 Å². The van der Waals surface area contributed by atoms with E-state index in [1.165, 1.54) is 0 Å². The van der Waals surface area contributed by atoms with Gasteiger partial charge in [0.2, 0.25) is 0 Å². The van der Waals surface area contributed by atoms with Crippen molar-refractivity contribution in [2.75, 3.05) is 14.2 Å². The van der Waals surface area contributed by atoms with Crippen molar-refractivity contribution < 1.29 is 9.47 Å². The first-order valence-electron chi connectivity index (χ1n) is 5.08. The first-order valence-corrected chi connectivity index (χ1v) is 5.88. The van der Waals surface area contributed by atoms with Crippen molar-refractivity contribution in [2.45, 2.75) is 0 Å². The van der Waals surface area contributed by atoms with Crippen LogP contribution in [0.1, 0.15) is 0 Å². The van der Waals surface area contributed by atoms with Crippen LogP contribution in [-0.2, 0) is 0 Å². The Hall–Kier alpha value is -1.55. The van der Waals surface area contributed by atoms with E-state index in [2.05, 4.69) is 20.9 Å². The summed E-state index contributed by atoms with van der Waals surface area (Å²) in [4.78, 5) is 4.20. The van der Waals surface area contributed by atoms with Gasteiger partial charge in [-0.25, -0.2) is 4.98 Å². The Balaban J connectivity index is 2.42. The number of ether oxygens (including phenoxy) is 2. The van der Waals surface area contributed by atoms with Crippen LogP contribution in [-0.4, -0.2) is 19.2 Å². The molecule has 17 heavy (non-hydrogen) atoms. The molecule has 1 aromatic carbocycles. The molecule has 88 valence electrons. The Morgan fingerprint density at radius 3 is 2.24 bits per heavy atom. The summed E-state index contributed by atoms with van der Waals surface area (Å²) in [6.45, 7) is 0. The average molecular weight is 294 g/mol. The lowest BCUT2D eigenvalue weighted by Gasteiger charge is -2.09. The summed E-state index contributed by atoms with van der Waals surface area (Å²) in [5.74, 6) is 1.44. The number of benzene rings is 1. The van der Waals surface area contributed by atoms with Crippen molar-refractivity contribution in [2.24, 2.45) is 0 Å². The molecule has 0 aliphatic rings. The summed E-state index contributed by atoms with van der Waals surface area (Å²) in [6, 6.07) is 9.70. The van der Waals surface area contributed by atoms with Gasteiger partial charge in [-0.05, 0) is 39.7 Å². The minimum atomic E-state index is 0.716. The van der Waals surface area contributed by atoms with Crippen LogP contribution in [0.25, 0.3) is 11.1 Å². The van der Waals surface area contributed by atoms with Crippen LogP contribution >= 0.6 is 15.9 Å². The zero-order chi connectivity index (χ0) is 12.3. The van der Waals surface area contributed by atoms with Crippen molar-refractivity contribution in [3.63, 3.8) is 0 Å². The second-order valence-corrected chi connectivity index (χ2v) is 4.25. The first-order chi connectivity index (χ1) is 8.24. The van der Waals surface area contributed by atoms with Gasteiger partial charge in [-0.2, -0.15) is 0 Å².